The minimum atomic E-state index is -1.08. The number of aliphatic hydroxyl groups is 1. The number of hydrogen-bond donors (Lipinski definition) is 3. The van der Waals surface area contributed by atoms with Crippen molar-refractivity contribution in [1.82, 2.24) is 4.98 Å². The summed E-state index contributed by atoms with van der Waals surface area (Å²) in [7, 11) is 0. The van der Waals surface area contributed by atoms with E-state index in [0.29, 0.717) is 17.9 Å². The molecule has 0 spiro atoms. The highest BCUT2D eigenvalue weighted by molar-refractivity contribution is 7.12. The molecule has 0 amide bonds. The number of benzene rings is 2. The van der Waals surface area contributed by atoms with Crippen LogP contribution in [0.2, 0.25) is 0 Å². The third-order valence-electron chi connectivity index (χ3n) is 4.81. The van der Waals surface area contributed by atoms with Crippen LogP contribution in [0.15, 0.2) is 54.0 Å². The van der Waals surface area contributed by atoms with Gasteiger partial charge in [-0.2, -0.15) is 5.26 Å². The molecule has 1 fully saturated rings. The van der Waals surface area contributed by atoms with Crippen molar-refractivity contribution in [2.45, 2.75) is 31.4 Å². The number of rotatable bonds is 5. The van der Waals surface area contributed by atoms with Crippen LogP contribution >= 0.6 is 11.3 Å². The Morgan fingerprint density at radius 2 is 2.00 bits per heavy atom. The Hall–Kier alpha value is -3.25. The molecule has 1 heterocycles. The van der Waals surface area contributed by atoms with Crippen molar-refractivity contribution in [3.05, 3.63) is 75.6 Å². The van der Waals surface area contributed by atoms with Crippen LogP contribution in [0, 0.1) is 11.3 Å². The molecule has 0 radical (unpaired) electrons. The molecule has 0 aliphatic heterocycles. The first-order chi connectivity index (χ1) is 14.4. The molecular formula is C22H21N3O4S. The number of aromatic carboxylic acids is 1. The van der Waals surface area contributed by atoms with E-state index in [0.717, 1.165) is 41.7 Å². The van der Waals surface area contributed by atoms with E-state index in [-0.39, 0.29) is 10.8 Å². The second-order valence-corrected chi connectivity index (χ2v) is 7.67. The van der Waals surface area contributed by atoms with Gasteiger partial charge in [-0.25, -0.2) is 9.78 Å². The second-order valence-electron chi connectivity index (χ2n) is 6.82. The number of nitrogens with zero attached hydrogens (tertiary/aromatic N) is 2. The Morgan fingerprint density at radius 1 is 1.27 bits per heavy atom. The highest BCUT2D eigenvalue weighted by atomic mass is 32.1. The normalized spacial score (nSPS) is 13.9. The number of carboxylic acid groups (broad SMARTS) is 1. The van der Waals surface area contributed by atoms with Crippen LogP contribution < -0.4 is 10.5 Å². The van der Waals surface area contributed by atoms with Gasteiger partial charge in [0.2, 0.25) is 5.88 Å². The van der Waals surface area contributed by atoms with Crippen LogP contribution in [0.25, 0.3) is 0 Å². The Labute approximate surface area is 178 Å². The lowest BCUT2D eigenvalue weighted by Gasteiger charge is -2.37. The number of thiazole rings is 1. The first-order valence-electron chi connectivity index (χ1n) is 9.32. The van der Waals surface area contributed by atoms with Crippen molar-refractivity contribution in [2.24, 2.45) is 5.73 Å². The van der Waals surface area contributed by atoms with E-state index in [4.69, 9.17) is 20.8 Å². The van der Waals surface area contributed by atoms with Crippen molar-refractivity contribution < 1.29 is 19.7 Å². The SMILES string of the molecule is N#Cc1cccc(Oc2ncsc2C(=O)O)c1.NCc1ccc(C2(O)CCC2)cc1. The van der Waals surface area contributed by atoms with Crippen LogP contribution in [0.4, 0.5) is 0 Å². The van der Waals surface area contributed by atoms with Crippen LogP contribution in [0.1, 0.15) is 45.6 Å². The molecule has 7 nitrogen and oxygen atoms in total. The van der Waals surface area contributed by atoms with Crippen LogP contribution in [-0.2, 0) is 12.1 Å². The van der Waals surface area contributed by atoms with E-state index in [1.807, 2.05) is 30.3 Å². The summed E-state index contributed by atoms with van der Waals surface area (Å²) in [5, 5.41) is 27.6. The molecule has 0 bridgehead atoms. The molecule has 0 saturated heterocycles. The molecule has 1 aliphatic carbocycles. The molecule has 8 heteroatoms. The van der Waals surface area contributed by atoms with E-state index in [1.54, 1.807) is 18.2 Å². The zero-order valence-corrected chi connectivity index (χ0v) is 16.9. The summed E-state index contributed by atoms with van der Waals surface area (Å²) in [5.74, 6) is -0.658. The van der Waals surface area contributed by atoms with Gasteiger partial charge < -0.3 is 20.7 Å². The molecule has 4 N–H and O–H groups in total. The lowest BCUT2D eigenvalue weighted by atomic mass is 9.75. The van der Waals surface area contributed by atoms with Gasteiger partial charge in [-0.3, -0.25) is 0 Å². The topological polar surface area (TPSA) is 129 Å². The number of carbonyl (C=O) groups is 1. The number of hydrogen-bond acceptors (Lipinski definition) is 7. The third-order valence-corrected chi connectivity index (χ3v) is 5.61. The summed E-state index contributed by atoms with van der Waals surface area (Å²) in [6.45, 7) is 0.568. The van der Waals surface area contributed by atoms with Gasteiger partial charge in [-0.05, 0) is 48.6 Å². The van der Waals surface area contributed by atoms with Crippen LogP contribution in [0.5, 0.6) is 11.6 Å². The molecule has 0 atom stereocenters. The first-order valence-corrected chi connectivity index (χ1v) is 10.2. The van der Waals surface area contributed by atoms with E-state index in [9.17, 15) is 9.90 Å². The van der Waals surface area contributed by atoms with Crippen molar-refractivity contribution in [2.75, 3.05) is 0 Å². The molecule has 30 heavy (non-hydrogen) atoms. The average molecular weight is 423 g/mol. The van der Waals surface area contributed by atoms with Crippen molar-refractivity contribution in [3.8, 4) is 17.7 Å². The highest BCUT2D eigenvalue weighted by Crippen LogP contribution is 2.40. The van der Waals surface area contributed by atoms with E-state index < -0.39 is 11.6 Å². The summed E-state index contributed by atoms with van der Waals surface area (Å²) in [6, 6.07) is 16.4. The predicted octanol–water partition coefficient (Wildman–Crippen LogP) is 4.02. The summed E-state index contributed by atoms with van der Waals surface area (Å²) in [6.07, 6.45) is 2.93. The lowest BCUT2D eigenvalue weighted by molar-refractivity contribution is -0.0388. The zero-order valence-electron chi connectivity index (χ0n) is 16.1. The molecule has 2 aromatic carbocycles. The number of aromatic nitrogens is 1. The predicted molar refractivity (Wildman–Crippen MR) is 112 cm³/mol. The van der Waals surface area contributed by atoms with Crippen molar-refractivity contribution >= 4 is 17.3 Å². The van der Waals surface area contributed by atoms with E-state index in [1.165, 1.54) is 11.6 Å². The fourth-order valence-electron chi connectivity index (χ4n) is 2.94. The average Bonchev–Trinajstić information content (AvgIpc) is 3.21. The number of nitriles is 1. The maximum atomic E-state index is 10.8. The molecule has 0 unspecified atom stereocenters. The van der Waals surface area contributed by atoms with Gasteiger partial charge in [0.25, 0.3) is 0 Å². The summed E-state index contributed by atoms with van der Waals surface area (Å²) < 4.78 is 5.32. The fraction of sp³-hybridized carbons (Fsp3) is 0.227. The lowest BCUT2D eigenvalue weighted by Crippen LogP contribution is -2.33. The molecule has 1 aliphatic rings. The summed E-state index contributed by atoms with van der Waals surface area (Å²) in [5.41, 5.74) is 8.95. The summed E-state index contributed by atoms with van der Waals surface area (Å²) >= 11 is 0.986. The first kappa shape index (κ1) is 21.5. The quantitative estimate of drug-likeness (QED) is 0.565. The Morgan fingerprint density at radius 3 is 2.57 bits per heavy atom. The van der Waals surface area contributed by atoms with Crippen molar-refractivity contribution in [3.63, 3.8) is 0 Å². The van der Waals surface area contributed by atoms with Crippen molar-refractivity contribution in [1.29, 1.82) is 5.26 Å². The minimum Gasteiger partial charge on any atom is -0.477 e. The third kappa shape index (κ3) is 5.02. The van der Waals surface area contributed by atoms with Gasteiger partial charge in [0.05, 0.1) is 22.7 Å². The maximum absolute atomic E-state index is 10.8. The Balaban J connectivity index is 0.000000177. The zero-order chi connectivity index (χ0) is 21.6. The minimum absolute atomic E-state index is 0.0346. The molecule has 154 valence electrons. The highest BCUT2D eigenvalue weighted by Gasteiger charge is 2.35. The molecule has 1 saturated carbocycles. The Bertz CT molecular complexity index is 1050. The van der Waals surface area contributed by atoms with Gasteiger partial charge in [-0.15, -0.1) is 11.3 Å². The molecule has 3 aromatic rings. The van der Waals surface area contributed by atoms with Crippen LogP contribution in [0.3, 0.4) is 0 Å². The fourth-order valence-corrected chi connectivity index (χ4v) is 3.49. The number of carboxylic acids is 1. The smallest absolute Gasteiger partial charge is 0.351 e. The van der Waals surface area contributed by atoms with Crippen LogP contribution in [-0.4, -0.2) is 21.2 Å². The number of ether oxygens (including phenoxy) is 1. The van der Waals surface area contributed by atoms with Gasteiger partial charge in [0, 0.05) is 6.54 Å². The van der Waals surface area contributed by atoms with E-state index >= 15 is 0 Å². The van der Waals surface area contributed by atoms with Gasteiger partial charge in [0.15, 0.2) is 4.88 Å². The second kappa shape index (κ2) is 9.50. The summed E-state index contributed by atoms with van der Waals surface area (Å²) in [4.78, 5) is 14.7. The standard InChI is InChI=1S/C11H6N2O3S.C11H15NO/c12-5-7-2-1-3-8(4-7)16-10-9(11(14)15)17-6-13-10;12-8-9-2-4-10(5-3-9)11(13)6-1-7-11/h1-4,6H,(H,14,15);2-5,13H,1,6-8,12H2. The Kier molecular flexibility index (Phi) is 6.79. The van der Waals surface area contributed by atoms with Gasteiger partial charge in [-0.1, -0.05) is 30.3 Å². The largest absolute Gasteiger partial charge is 0.477 e. The van der Waals surface area contributed by atoms with E-state index in [2.05, 4.69) is 4.98 Å². The molecular weight excluding hydrogens is 402 g/mol. The molecule has 1 aromatic heterocycles. The van der Waals surface area contributed by atoms with Gasteiger partial charge >= 0.3 is 5.97 Å². The molecule has 4 rings (SSSR count). The number of nitrogens with two attached hydrogens (primary N) is 1. The monoisotopic (exact) mass is 423 g/mol. The van der Waals surface area contributed by atoms with Gasteiger partial charge in [0.1, 0.15) is 5.75 Å². The maximum Gasteiger partial charge on any atom is 0.351 e.